The second-order valence-electron chi connectivity index (χ2n) is 8.65. The van der Waals surface area contributed by atoms with Gasteiger partial charge in [-0.15, -0.1) is 11.3 Å². The van der Waals surface area contributed by atoms with Crippen LogP contribution in [0.1, 0.15) is 35.8 Å². The number of thiazole rings is 1. The average molecular weight is 456 g/mol. The Labute approximate surface area is 194 Å². The number of nitrogens with zero attached hydrogens (tertiary/aromatic N) is 4. The first-order valence-corrected chi connectivity index (χ1v) is 12.5. The van der Waals surface area contributed by atoms with Gasteiger partial charge < -0.3 is 15.1 Å². The highest BCUT2D eigenvalue weighted by molar-refractivity contribution is 7.13. The molecule has 2 aliphatic heterocycles. The lowest BCUT2D eigenvalue weighted by Gasteiger charge is -2.37. The largest absolute Gasteiger partial charge is 0.362 e. The highest BCUT2D eigenvalue weighted by atomic mass is 32.1. The van der Waals surface area contributed by atoms with E-state index in [4.69, 9.17) is 0 Å². The molecule has 0 unspecified atom stereocenters. The molecule has 1 N–H and O–H groups in total. The van der Waals surface area contributed by atoms with Gasteiger partial charge in [0.05, 0.1) is 6.54 Å². The van der Waals surface area contributed by atoms with E-state index < -0.39 is 0 Å². The minimum absolute atomic E-state index is 0.0168. The molecule has 1 aromatic carbocycles. The summed E-state index contributed by atoms with van der Waals surface area (Å²) in [5.74, 6) is 0.865. The number of nitrogens with one attached hydrogen (secondary N) is 1. The fourth-order valence-corrected chi connectivity index (χ4v) is 5.26. The summed E-state index contributed by atoms with van der Waals surface area (Å²) in [7, 11) is 0. The van der Waals surface area contributed by atoms with Crippen LogP contribution in [0, 0.1) is 5.92 Å². The molecule has 7 nitrogen and oxygen atoms in total. The lowest BCUT2D eigenvalue weighted by atomic mass is 9.90. The number of hydrogen-bond acceptors (Lipinski definition) is 6. The molecular weight excluding hydrogens is 422 g/mol. The minimum Gasteiger partial charge on any atom is -0.362 e. The third-order valence-electron chi connectivity index (χ3n) is 6.40. The van der Waals surface area contributed by atoms with Gasteiger partial charge in [0, 0.05) is 51.2 Å². The predicted octanol–water partition coefficient (Wildman–Crippen LogP) is 2.81. The standard InChI is InChI=1S/C24H33N5O2S/c1-2-25-24-26-21(18-32-24)23(31)29-14-12-27(13-15-29)17-22(30)28-10-8-20(9-11-28)16-19-6-4-3-5-7-19/h3-7,18,20H,2,8-17H2,1H3,(H,25,26). The lowest BCUT2D eigenvalue weighted by molar-refractivity contribution is -0.134. The molecule has 1 aromatic heterocycles. The summed E-state index contributed by atoms with van der Waals surface area (Å²) in [5.41, 5.74) is 1.90. The molecule has 2 saturated heterocycles. The predicted molar refractivity (Wildman–Crippen MR) is 128 cm³/mol. The van der Waals surface area contributed by atoms with Gasteiger partial charge >= 0.3 is 0 Å². The number of likely N-dealkylation sites (tertiary alicyclic amines) is 1. The van der Waals surface area contributed by atoms with Gasteiger partial charge in [0.15, 0.2) is 5.13 Å². The zero-order valence-electron chi connectivity index (χ0n) is 18.8. The van der Waals surface area contributed by atoms with E-state index >= 15 is 0 Å². The minimum atomic E-state index is -0.0168. The number of carbonyl (C=O) groups excluding carboxylic acids is 2. The first-order chi connectivity index (χ1) is 15.6. The number of piperidine rings is 1. The maximum atomic E-state index is 12.8. The van der Waals surface area contributed by atoms with E-state index in [9.17, 15) is 9.59 Å². The van der Waals surface area contributed by atoms with Gasteiger partial charge in [-0.3, -0.25) is 14.5 Å². The van der Waals surface area contributed by atoms with Crippen molar-refractivity contribution in [1.29, 1.82) is 0 Å². The van der Waals surface area contributed by atoms with Gasteiger partial charge in [0.2, 0.25) is 5.91 Å². The Morgan fingerprint density at radius 3 is 2.44 bits per heavy atom. The molecule has 0 spiro atoms. The van der Waals surface area contributed by atoms with Gasteiger partial charge in [-0.1, -0.05) is 30.3 Å². The third-order valence-corrected chi connectivity index (χ3v) is 7.20. The second kappa shape index (κ2) is 10.9. The number of piperazine rings is 1. The van der Waals surface area contributed by atoms with E-state index in [1.165, 1.54) is 16.9 Å². The van der Waals surface area contributed by atoms with E-state index in [0.29, 0.717) is 31.2 Å². The summed E-state index contributed by atoms with van der Waals surface area (Å²) in [6.45, 7) is 7.69. The van der Waals surface area contributed by atoms with E-state index in [0.717, 1.165) is 57.1 Å². The summed E-state index contributed by atoms with van der Waals surface area (Å²) in [6.07, 6.45) is 3.25. The number of hydrogen-bond donors (Lipinski definition) is 1. The van der Waals surface area contributed by atoms with Crippen LogP contribution in [0.3, 0.4) is 0 Å². The lowest BCUT2D eigenvalue weighted by Crippen LogP contribution is -2.52. The summed E-state index contributed by atoms with van der Waals surface area (Å²) in [6, 6.07) is 10.6. The highest BCUT2D eigenvalue weighted by Gasteiger charge is 2.28. The summed E-state index contributed by atoms with van der Waals surface area (Å²) >= 11 is 1.46. The molecule has 172 valence electrons. The van der Waals surface area contributed by atoms with Crippen molar-refractivity contribution < 1.29 is 9.59 Å². The van der Waals surface area contributed by atoms with E-state index in [1.54, 1.807) is 0 Å². The molecule has 0 atom stereocenters. The zero-order chi connectivity index (χ0) is 22.3. The van der Waals surface area contributed by atoms with Crippen LogP contribution in [0.2, 0.25) is 0 Å². The quantitative estimate of drug-likeness (QED) is 0.695. The fraction of sp³-hybridized carbons (Fsp3) is 0.542. The van der Waals surface area contributed by atoms with E-state index in [-0.39, 0.29) is 11.8 Å². The van der Waals surface area contributed by atoms with Gasteiger partial charge in [-0.2, -0.15) is 0 Å². The van der Waals surface area contributed by atoms with Crippen molar-refractivity contribution in [3.8, 4) is 0 Å². The molecule has 0 bridgehead atoms. The number of anilines is 1. The Morgan fingerprint density at radius 1 is 1.03 bits per heavy atom. The van der Waals surface area contributed by atoms with Crippen molar-refractivity contribution in [3.05, 3.63) is 47.0 Å². The normalized spacial score (nSPS) is 18.0. The number of rotatable bonds is 7. The molecule has 2 aromatic rings. The van der Waals surface area contributed by atoms with Crippen molar-refractivity contribution in [3.63, 3.8) is 0 Å². The molecule has 4 rings (SSSR count). The summed E-state index contributed by atoms with van der Waals surface area (Å²) in [5, 5.41) is 5.75. The maximum absolute atomic E-state index is 12.8. The molecule has 0 radical (unpaired) electrons. The van der Waals surface area contributed by atoms with Crippen LogP contribution in [0.15, 0.2) is 35.7 Å². The third kappa shape index (κ3) is 5.86. The van der Waals surface area contributed by atoms with Crippen molar-refractivity contribution in [2.75, 3.05) is 57.7 Å². The SMILES string of the molecule is CCNc1nc(C(=O)N2CCN(CC(=O)N3CCC(Cc4ccccc4)CC3)CC2)cs1. The molecule has 2 amide bonds. The Balaban J connectivity index is 1.18. The molecule has 32 heavy (non-hydrogen) atoms. The first kappa shape index (κ1) is 22.7. The number of carbonyl (C=O) groups is 2. The molecular formula is C24H33N5O2S. The number of amides is 2. The Morgan fingerprint density at radius 2 is 1.75 bits per heavy atom. The fourth-order valence-electron chi connectivity index (χ4n) is 4.50. The zero-order valence-corrected chi connectivity index (χ0v) is 19.6. The smallest absolute Gasteiger partial charge is 0.273 e. The van der Waals surface area contributed by atoms with Crippen molar-refractivity contribution in [2.45, 2.75) is 26.2 Å². The summed E-state index contributed by atoms with van der Waals surface area (Å²) < 4.78 is 0. The monoisotopic (exact) mass is 455 g/mol. The van der Waals surface area contributed by atoms with Crippen molar-refractivity contribution in [1.82, 2.24) is 19.7 Å². The van der Waals surface area contributed by atoms with Gasteiger partial charge in [0.1, 0.15) is 5.69 Å². The van der Waals surface area contributed by atoms with Crippen LogP contribution < -0.4 is 5.32 Å². The second-order valence-corrected chi connectivity index (χ2v) is 9.51. The Bertz CT molecular complexity index is 887. The van der Waals surface area contributed by atoms with Crippen molar-refractivity contribution >= 4 is 28.3 Å². The van der Waals surface area contributed by atoms with Crippen molar-refractivity contribution in [2.24, 2.45) is 5.92 Å². The molecule has 8 heteroatoms. The van der Waals surface area contributed by atoms with Crippen LogP contribution in [0.5, 0.6) is 0 Å². The van der Waals surface area contributed by atoms with Gasteiger partial charge in [-0.25, -0.2) is 4.98 Å². The Hall–Kier alpha value is -2.45. The number of benzene rings is 1. The number of aromatic nitrogens is 1. The average Bonchev–Trinajstić information content (AvgIpc) is 3.29. The molecule has 2 aliphatic rings. The van der Waals surface area contributed by atoms with E-state index in [1.807, 2.05) is 22.1 Å². The van der Waals surface area contributed by atoms with Gasteiger partial charge in [-0.05, 0) is 37.7 Å². The highest BCUT2D eigenvalue weighted by Crippen LogP contribution is 2.22. The van der Waals surface area contributed by atoms with Crippen LogP contribution in [-0.2, 0) is 11.2 Å². The van der Waals surface area contributed by atoms with E-state index in [2.05, 4.69) is 45.5 Å². The van der Waals surface area contributed by atoms with Crippen LogP contribution in [-0.4, -0.2) is 83.9 Å². The van der Waals surface area contributed by atoms with Crippen LogP contribution in [0.4, 0.5) is 5.13 Å². The maximum Gasteiger partial charge on any atom is 0.273 e. The molecule has 0 saturated carbocycles. The first-order valence-electron chi connectivity index (χ1n) is 11.6. The van der Waals surface area contributed by atoms with Gasteiger partial charge in [0.25, 0.3) is 5.91 Å². The van der Waals surface area contributed by atoms with Crippen LogP contribution in [0.25, 0.3) is 0 Å². The Kier molecular flexibility index (Phi) is 7.76. The molecule has 3 heterocycles. The summed E-state index contributed by atoms with van der Waals surface area (Å²) in [4.78, 5) is 35.9. The van der Waals surface area contributed by atoms with Crippen LogP contribution >= 0.6 is 11.3 Å². The topological polar surface area (TPSA) is 68.8 Å². The molecule has 2 fully saturated rings. The molecule has 0 aliphatic carbocycles.